The minimum Gasteiger partial charge on any atom is -0.448 e. The fourth-order valence-electron chi connectivity index (χ4n) is 2.75. The highest BCUT2D eigenvalue weighted by Crippen LogP contribution is 2.29. The Labute approximate surface area is 171 Å². The predicted molar refractivity (Wildman–Crippen MR) is 108 cm³/mol. The first kappa shape index (κ1) is 20.7. The molecule has 0 aliphatic carbocycles. The van der Waals surface area contributed by atoms with Gasteiger partial charge in [-0.05, 0) is 52.0 Å². The number of amides is 1. The Morgan fingerprint density at radius 1 is 1.17 bits per heavy atom. The van der Waals surface area contributed by atoms with Crippen molar-refractivity contribution in [2.24, 2.45) is 7.05 Å². The standard InChI is InChI=1S/C20H21FN4O3S/c1-10-16(12(3)25(5)24-10)23-18(26)13(4)28-20(27)17-11(2)22-19(29-17)14-6-8-15(21)9-7-14/h6-9,13H,1-5H3,(H,23,26)/t13-/m0/s1. The van der Waals surface area contributed by atoms with Gasteiger partial charge in [0.15, 0.2) is 6.10 Å². The molecule has 0 aliphatic rings. The Balaban J connectivity index is 1.71. The molecule has 9 heteroatoms. The molecule has 1 amide bonds. The van der Waals surface area contributed by atoms with Crippen molar-refractivity contribution in [3.8, 4) is 10.6 Å². The lowest BCUT2D eigenvalue weighted by Crippen LogP contribution is -2.30. The highest BCUT2D eigenvalue weighted by atomic mass is 32.1. The van der Waals surface area contributed by atoms with Crippen LogP contribution in [0.25, 0.3) is 10.6 Å². The Hall–Kier alpha value is -3.07. The summed E-state index contributed by atoms with van der Waals surface area (Å²) in [6.45, 7) is 6.82. The van der Waals surface area contributed by atoms with Crippen molar-refractivity contribution in [1.82, 2.24) is 14.8 Å². The number of aromatic nitrogens is 3. The molecular formula is C20H21FN4O3S. The average molecular weight is 416 g/mol. The van der Waals surface area contributed by atoms with Gasteiger partial charge in [0.25, 0.3) is 5.91 Å². The summed E-state index contributed by atoms with van der Waals surface area (Å²) in [6.07, 6.45) is -1.00. The molecule has 152 valence electrons. The maximum atomic E-state index is 13.1. The van der Waals surface area contributed by atoms with Crippen molar-refractivity contribution >= 4 is 28.9 Å². The summed E-state index contributed by atoms with van der Waals surface area (Å²) >= 11 is 1.14. The number of hydrogen-bond donors (Lipinski definition) is 1. The topological polar surface area (TPSA) is 86.1 Å². The number of nitrogens with zero attached hydrogens (tertiary/aromatic N) is 3. The number of esters is 1. The third-order valence-electron chi connectivity index (χ3n) is 4.48. The number of hydrogen-bond acceptors (Lipinski definition) is 6. The second-order valence-corrected chi connectivity index (χ2v) is 7.65. The van der Waals surface area contributed by atoms with Gasteiger partial charge >= 0.3 is 5.97 Å². The van der Waals surface area contributed by atoms with Gasteiger partial charge in [0.2, 0.25) is 0 Å². The molecule has 7 nitrogen and oxygen atoms in total. The van der Waals surface area contributed by atoms with Crippen molar-refractivity contribution in [3.63, 3.8) is 0 Å². The van der Waals surface area contributed by atoms with Gasteiger partial charge in [-0.3, -0.25) is 9.48 Å². The van der Waals surface area contributed by atoms with Crippen molar-refractivity contribution in [2.45, 2.75) is 33.8 Å². The van der Waals surface area contributed by atoms with Gasteiger partial charge in [-0.25, -0.2) is 14.2 Å². The van der Waals surface area contributed by atoms with E-state index in [1.165, 1.54) is 19.1 Å². The Morgan fingerprint density at radius 2 is 1.83 bits per heavy atom. The predicted octanol–water partition coefficient (Wildman–Crippen LogP) is 3.79. The number of carbonyl (C=O) groups excluding carboxylic acids is 2. The minimum absolute atomic E-state index is 0.303. The van der Waals surface area contributed by atoms with Crippen molar-refractivity contribution in [3.05, 3.63) is 52.0 Å². The molecule has 29 heavy (non-hydrogen) atoms. The van der Waals surface area contributed by atoms with Gasteiger partial charge in [-0.1, -0.05) is 0 Å². The van der Waals surface area contributed by atoms with Crippen molar-refractivity contribution in [1.29, 1.82) is 0 Å². The summed E-state index contributed by atoms with van der Waals surface area (Å²) in [6, 6.07) is 5.85. The first-order valence-electron chi connectivity index (χ1n) is 8.92. The van der Waals surface area contributed by atoms with Crippen LogP contribution in [0.2, 0.25) is 0 Å². The van der Waals surface area contributed by atoms with Crippen LogP contribution in [0.3, 0.4) is 0 Å². The summed E-state index contributed by atoms with van der Waals surface area (Å²) in [5.41, 5.74) is 3.28. The molecule has 0 bridgehead atoms. The van der Waals surface area contributed by atoms with Crippen molar-refractivity contribution < 1.29 is 18.7 Å². The maximum absolute atomic E-state index is 13.1. The summed E-state index contributed by atoms with van der Waals surface area (Å²) < 4.78 is 20.1. The van der Waals surface area contributed by atoms with Gasteiger partial charge < -0.3 is 10.1 Å². The third kappa shape index (κ3) is 4.34. The number of carbonyl (C=O) groups is 2. The second-order valence-electron chi connectivity index (χ2n) is 6.65. The number of thiazole rings is 1. The third-order valence-corrected chi connectivity index (χ3v) is 5.67. The van der Waals surface area contributed by atoms with E-state index in [2.05, 4.69) is 15.4 Å². The van der Waals surface area contributed by atoms with E-state index >= 15 is 0 Å². The maximum Gasteiger partial charge on any atom is 0.351 e. The second kappa shape index (κ2) is 8.12. The lowest BCUT2D eigenvalue weighted by atomic mass is 10.2. The molecule has 0 spiro atoms. The van der Waals surface area contributed by atoms with Crippen LogP contribution in [0.15, 0.2) is 24.3 Å². The van der Waals surface area contributed by atoms with Gasteiger partial charge in [0.05, 0.1) is 22.8 Å². The van der Waals surface area contributed by atoms with Crippen LogP contribution in [-0.4, -0.2) is 32.7 Å². The first-order valence-corrected chi connectivity index (χ1v) is 9.74. The van der Waals surface area contributed by atoms with Crippen LogP contribution in [-0.2, 0) is 16.6 Å². The fourth-order valence-corrected chi connectivity index (χ4v) is 3.70. The van der Waals surface area contributed by atoms with E-state index in [1.54, 1.807) is 37.7 Å². The molecule has 2 heterocycles. The van der Waals surface area contributed by atoms with Crippen LogP contribution in [0.4, 0.5) is 10.1 Å². The highest BCUT2D eigenvalue weighted by molar-refractivity contribution is 7.17. The summed E-state index contributed by atoms with van der Waals surface area (Å²) in [5.74, 6) is -1.42. The number of halogens is 1. The van der Waals surface area contributed by atoms with Crippen LogP contribution in [0.1, 0.15) is 33.7 Å². The van der Waals surface area contributed by atoms with Crippen LogP contribution in [0, 0.1) is 26.6 Å². The molecule has 3 aromatic rings. The highest BCUT2D eigenvalue weighted by Gasteiger charge is 2.24. The SMILES string of the molecule is Cc1nc(-c2ccc(F)cc2)sc1C(=O)O[C@@H](C)C(=O)Nc1c(C)nn(C)c1C. The molecule has 3 rings (SSSR count). The number of aryl methyl sites for hydroxylation is 3. The molecule has 1 aromatic carbocycles. The monoisotopic (exact) mass is 416 g/mol. The molecule has 0 fully saturated rings. The molecule has 1 N–H and O–H groups in total. The average Bonchev–Trinajstić information content (AvgIpc) is 3.17. The van der Waals surface area contributed by atoms with E-state index in [-0.39, 0.29) is 5.82 Å². The van der Waals surface area contributed by atoms with Gasteiger partial charge in [-0.2, -0.15) is 5.10 Å². The molecule has 0 saturated heterocycles. The van der Waals surface area contributed by atoms with Gasteiger partial charge in [0, 0.05) is 12.6 Å². The van der Waals surface area contributed by atoms with Crippen LogP contribution >= 0.6 is 11.3 Å². The summed E-state index contributed by atoms with van der Waals surface area (Å²) in [5, 5.41) is 7.58. The number of anilines is 1. The molecule has 0 radical (unpaired) electrons. The zero-order chi connectivity index (χ0) is 21.3. The molecule has 1 atom stereocenters. The van der Waals surface area contributed by atoms with Gasteiger partial charge in [-0.15, -0.1) is 11.3 Å². The van der Waals surface area contributed by atoms with E-state index in [0.29, 0.717) is 32.5 Å². The summed E-state index contributed by atoms with van der Waals surface area (Å²) in [4.78, 5) is 29.7. The zero-order valence-corrected chi connectivity index (χ0v) is 17.6. The lowest BCUT2D eigenvalue weighted by molar-refractivity contribution is -0.123. The number of rotatable bonds is 5. The smallest absolute Gasteiger partial charge is 0.351 e. The minimum atomic E-state index is -1.00. The largest absolute Gasteiger partial charge is 0.448 e. The van der Waals surface area contributed by atoms with Gasteiger partial charge in [0.1, 0.15) is 15.7 Å². The van der Waals surface area contributed by atoms with Crippen LogP contribution in [0.5, 0.6) is 0 Å². The molecule has 2 aromatic heterocycles. The number of ether oxygens (including phenoxy) is 1. The quantitative estimate of drug-likeness (QED) is 0.640. The molecule has 0 unspecified atom stereocenters. The zero-order valence-electron chi connectivity index (χ0n) is 16.7. The van der Waals surface area contributed by atoms with E-state index < -0.39 is 18.0 Å². The molecule has 0 saturated carbocycles. The van der Waals surface area contributed by atoms with E-state index in [9.17, 15) is 14.0 Å². The first-order chi connectivity index (χ1) is 13.7. The Morgan fingerprint density at radius 3 is 2.41 bits per heavy atom. The normalized spacial score (nSPS) is 11.9. The van der Waals surface area contributed by atoms with E-state index in [0.717, 1.165) is 17.0 Å². The lowest BCUT2D eigenvalue weighted by Gasteiger charge is -2.13. The fraction of sp³-hybridized carbons (Fsp3) is 0.300. The Kier molecular flexibility index (Phi) is 5.78. The van der Waals surface area contributed by atoms with E-state index in [4.69, 9.17) is 4.74 Å². The molecular weight excluding hydrogens is 395 g/mol. The van der Waals surface area contributed by atoms with E-state index in [1.807, 2.05) is 6.92 Å². The number of nitrogens with one attached hydrogen (secondary N) is 1. The summed E-state index contributed by atoms with van der Waals surface area (Å²) in [7, 11) is 1.78. The van der Waals surface area contributed by atoms with Crippen molar-refractivity contribution in [2.75, 3.05) is 5.32 Å². The Bertz CT molecular complexity index is 1070. The van der Waals surface area contributed by atoms with Crippen LogP contribution < -0.4 is 5.32 Å². The number of benzene rings is 1. The molecule has 0 aliphatic heterocycles.